The van der Waals surface area contributed by atoms with Crippen molar-refractivity contribution in [2.45, 2.75) is 51.5 Å². The van der Waals surface area contributed by atoms with Gasteiger partial charge in [-0.15, -0.1) is 4.52 Å². The molecular formula is C16H24ClIN4O5P+. The Morgan fingerprint density at radius 1 is 1.43 bits per heavy atom. The van der Waals surface area contributed by atoms with Crippen LogP contribution in [0.2, 0.25) is 5.15 Å². The lowest BCUT2D eigenvalue weighted by Crippen LogP contribution is -2.32. The molecule has 0 radical (unpaired) electrons. The van der Waals surface area contributed by atoms with Crippen LogP contribution in [0.4, 0.5) is 0 Å². The van der Waals surface area contributed by atoms with E-state index in [1.165, 1.54) is 10.9 Å². The number of aliphatic hydroxyl groups excluding tert-OH is 2. The van der Waals surface area contributed by atoms with Gasteiger partial charge in [-0.05, 0) is 24.8 Å². The summed E-state index contributed by atoms with van der Waals surface area (Å²) in [7, 11) is -1.73. The molecule has 0 saturated carbocycles. The first-order chi connectivity index (χ1) is 13.2. The van der Waals surface area contributed by atoms with Gasteiger partial charge in [-0.1, -0.05) is 18.5 Å². The van der Waals surface area contributed by atoms with E-state index in [0.29, 0.717) is 27.6 Å². The van der Waals surface area contributed by atoms with Crippen LogP contribution in [0, 0.1) is 3.83 Å². The van der Waals surface area contributed by atoms with Crippen molar-refractivity contribution in [1.82, 2.24) is 19.5 Å². The Balaban J connectivity index is 2.14. The molecule has 28 heavy (non-hydrogen) atoms. The van der Waals surface area contributed by atoms with Crippen LogP contribution in [-0.2, 0) is 13.8 Å². The van der Waals surface area contributed by atoms with Crippen molar-refractivity contribution in [3.63, 3.8) is 0 Å². The number of nitrogens with zero attached hydrogens (tertiary/aromatic N) is 4. The van der Waals surface area contributed by atoms with Crippen LogP contribution in [0.1, 0.15) is 39.8 Å². The van der Waals surface area contributed by atoms with Gasteiger partial charge in [0.15, 0.2) is 27.0 Å². The third kappa shape index (κ3) is 6.25. The molecule has 0 bridgehead atoms. The molecule has 2 rings (SSSR count). The van der Waals surface area contributed by atoms with Crippen LogP contribution in [0.25, 0.3) is 11.2 Å². The first-order valence-electron chi connectivity index (χ1n) is 8.78. The molecule has 0 fully saturated rings. The maximum Gasteiger partial charge on any atom is 0.508 e. The fourth-order valence-electron chi connectivity index (χ4n) is 2.49. The number of fused-ring (bicyclic) bond motifs is 1. The zero-order valence-corrected chi connectivity index (χ0v) is 19.7. The van der Waals surface area contributed by atoms with Gasteiger partial charge in [0.25, 0.3) is 0 Å². The SMILES string of the molecule is CCC[P+](=O)OC(C)(C)CCOC([C@H](O)CO)n1cnc2c(Cl)nc(I)nc21. The third-order valence-corrected chi connectivity index (χ3v) is 6.15. The van der Waals surface area contributed by atoms with Crippen molar-refractivity contribution in [1.29, 1.82) is 0 Å². The Labute approximate surface area is 182 Å². The molecule has 0 aliphatic carbocycles. The maximum atomic E-state index is 11.9. The average Bonchev–Trinajstić information content (AvgIpc) is 3.01. The van der Waals surface area contributed by atoms with E-state index in [1.807, 2.05) is 43.4 Å². The van der Waals surface area contributed by atoms with Crippen LogP contribution < -0.4 is 0 Å². The van der Waals surface area contributed by atoms with Gasteiger partial charge in [-0.25, -0.2) is 15.0 Å². The second kappa shape index (κ2) is 10.5. The van der Waals surface area contributed by atoms with Crippen molar-refractivity contribution in [3.05, 3.63) is 15.3 Å². The third-order valence-electron chi connectivity index (χ3n) is 3.89. The van der Waals surface area contributed by atoms with Crippen LogP contribution in [-0.4, -0.2) is 60.8 Å². The van der Waals surface area contributed by atoms with Crippen LogP contribution in [0.3, 0.4) is 0 Å². The number of aliphatic hydroxyl groups is 2. The molecule has 0 aliphatic heterocycles. The highest BCUT2D eigenvalue weighted by Crippen LogP contribution is 2.33. The molecule has 0 saturated heterocycles. The summed E-state index contributed by atoms with van der Waals surface area (Å²) < 4.78 is 25.2. The lowest BCUT2D eigenvalue weighted by atomic mass is 10.1. The lowest BCUT2D eigenvalue weighted by molar-refractivity contribution is -0.104. The number of halogens is 2. The fraction of sp³-hybridized carbons (Fsp3) is 0.688. The van der Waals surface area contributed by atoms with E-state index in [0.717, 1.165) is 6.42 Å². The summed E-state index contributed by atoms with van der Waals surface area (Å²) in [5.74, 6) is 0. The zero-order chi connectivity index (χ0) is 20.9. The summed E-state index contributed by atoms with van der Waals surface area (Å²) in [6.45, 7) is 5.29. The molecule has 0 amide bonds. The topological polar surface area (TPSA) is 120 Å². The molecule has 156 valence electrons. The first kappa shape index (κ1) is 23.8. The van der Waals surface area contributed by atoms with Crippen molar-refractivity contribution in [2.75, 3.05) is 19.4 Å². The van der Waals surface area contributed by atoms with E-state index < -0.39 is 32.6 Å². The second-order valence-electron chi connectivity index (χ2n) is 6.78. The minimum absolute atomic E-state index is 0.194. The van der Waals surface area contributed by atoms with Crippen molar-refractivity contribution in [3.8, 4) is 0 Å². The van der Waals surface area contributed by atoms with Gasteiger partial charge in [0.05, 0.1) is 19.5 Å². The van der Waals surface area contributed by atoms with Crippen LogP contribution in [0.5, 0.6) is 0 Å². The predicted molar refractivity (Wildman–Crippen MR) is 114 cm³/mol. The zero-order valence-electron chi connectivity index (χ0n) is 15.9. The molecular weight excluding hydrogens is 522 g/mol. The summed E-state index contributed by atoms with van der Waals surface area (Å²) >= 11 is 8.03. The molecule has 3 atom stereocenters. The molecule has 2 unspecified atom stereocenters. The van der Waals surface area contributed by atoms with E-state index in [2.05, 4.69) is 15.0 Å². The van der Waals surface area contributed by atoms with Gasteiger partial charge in [-0.3, -0.25) is 4.57 Å². The summed E-state index contributed by atoms with van der Waals surface area (Å²) in [5.41, 5.74) is 0.111. The molecule has 0 aliphatic rings. The standard InChI is InChI=1S/C16H24ClIN4O5P/c1-4-7-28(25)27-16(2,3)5-6-26-14(10(24)8-23)22-9-19-11-12(17)20-15(18)21-13(11)22/h9-10,14,23-24H,4-8H2,1-3H3/q+1/t10-,14?/m1/s1. The average molecular weight is 546 g/mol. The Morgan fingerprint density at radius 3 is 2.79 bits per heavy atom. The molecule has 9 nitrogen and oxygen atoms in total. The quantitative estimate of drug-likeness (QED) is 0.191. The molecule has 0 aromatic carbocycles. The van der Waals surface area contributed by atoms with E-state index in [1.54, 1.807) is 0 Å². The fourth-order valence-corrected chi connectivity index (χ4v) is 4.41. The van der Waals surface area contributed by atoms with Crippen LogP contribution >= 0.6 is 42.2 Å². The highest BCUT2D eigenvalue weighted by molar-refractivity contribution is 14.1. The smallest absolute Gasteiger partial charge is 0.394 e. The molecule has 2 aromatic heterocycles. The second-order valence-corrected chi connectivity index (χ2v) is 9.39. The predicted octanol–water partition coefficient (Wildman–Crippen LogP) is 3.29. The molecule has 2 N–H and O–H groups in total. The number of imidazole rings is 1. The van der Waals surface area contributed by atoms with E-state index in [9.17, 15) is 14.8 Å². The maximum absolute atomic E-state index is 11.9. The summed E-state index contributed by atoms with van der Waals surface area (Å²) in [6, 6.07) is 0. The van der Waals surface area contributed by atoms with Crippen molar-refractivity contribution >= 4 is 53.4 Å². The van der Waals surface area contributed by atoms with Crippen molar-refractivity contribution in [2.24, 2.45) is 0 Å². The Morgan fingerprint density at radius 2 is 2.14 bits per heavy atom. The molecule has 2 heterocycles. The molecule has 0 spiro atoms. The first-order valence-corrected chi connectivity index (χ1v) is 11.6. The summed E-state index contributed by atoms with van der Waals surface area (Å²) in [4.78, 5) is 12.5. The normalized spacial score (nSPS) is 15.0. The highest BCUT2D eigenvalue weighted by atomic mass is 127. The lowest BCUT2D eigenvalue weighted by Gasteiger charge is -2.25. The van der Waals surface area contributed by atoms with Gasteiger partial charge in [0.1, 0.15) is 17.2 Å². The highest BCUT2D eigenvalue weighted by Gasteiger charge is 2.32. The van der Waals surface area contributed by atoms with Gasteiger partial charge in [0.2, 0.25) is 0 Å². The number of aromatic nitrogens is 4. The summed E-state index contributed by atoms with van der Waals surface area (Å²) in [6.07, 6.45) is 1.02. The Bertz CT molecular complexity index is 822. The molecule has 2 aromatic rings. The van der Waals surface area contributed by atoms with E-state index in [4.69, 9.17) is 20.9 Å². The van der Waals surface area contributed by atoms with Gasteiger partial charge in [-0.2, -0.15) is 0 Å². The number of rotatable bonds is 11. The van der Waals surface area contributed by atoms with Crippen LogP contribution in [0.15, 0.2) is 6.33 Å². The number of ether oxygens (including phenoxy) is 1. The number of hydrogen-bond acceptors (Lipinski definition) is 8. The minimum atomic E-state index is -1.73. The Hall–Kier alpha value is -0.490. The minimum Gasteiger partial charge on any atom is -0.394 e. The van der Waals surface area contributed by atoms with Gasteiger partial charge >= 0.3 is 8.03 Å². The van der Waals surface area contributed by atoms with Gasteiger partial charge < -0.3 is 14.9 Å². The largest absolute Gasteiger partial charge is 0.508 e. The van der Waals surface area contributed by atoms with E-state index in [-0.39, 0.29) is 11.8 Å². The number of hydrogen-bond donors (Lipinski definition) is 2. The molecule has 12 heteroatoms. The van der Waals surface area contributed by atoms with E-state index >= 15 is 0 Å². The summed E-state index contributed by atoms with van der Waals surface area (Å²) in [5, 5.41) is 19.9. The van der Waals surface area contributed by atoms with Gasteiger partial charge in [0, 0.05) is 29.0 Å². The monoisotopic (exact) mass is 545 g/mol. The Kier molecular flexibility index (Phi) is 8.93. The van der Waals surface area contributed by atoms with Crippen molar-refractivity contribution < 1.29 is 24.0 Å².